The molecule has 3 aromatic rings. The molecular weight excluding hydrogens is 486 g/mol. The van der Waals surface area contributed by atoms with Crippen molar-refractivity contribution in [1.29, 1.82) is 0 Å². The third-order valence-electron chi connectivity index (χ3n) is 7.26. The molecule has 3 heterocycles. The van der Waals surface area contributed by atoms with E-state index in [-0.39, 0.29) is 11.7 Å². The number of nitrogens with one attached hydrogen (secondary N) is 2. The highest BCUT2D eigenvalue weighted by Crippen LogP contribution is 2.33. The van der Waals surface area contributed by atoms with Gasteiger partial charge in [-0.2, -0.15) is 4.98 Å². The summed E-state index contributed by atoms with van der Waals surface area (Å²) in [5.41, 5.74) is 4.34. The zero-order valence-electron chi connectivity index (χ0n) is 21.4. The first-order valence-corrected chi connectivity index (χ1v) is 13.5. The number of rotatable bonds is 7. The predicted molar refractivity (Wildman–Crippen MR) is 146 cm³/mol. The van der Waals surface area contributed by atoms with Crippen LogP contribution >= 0.6 is 11.9 Å². The highest BCUT2D eigenvalue weighted by Gasteiger charge is 2.39. The number of aromatic carboxylic acids is 1. The van der Waals surface area contributed by atoms with Crippen LogP contribution in [0.2, 0.25) is 0 Å². The first-order valence-electron chi connectivity index (χ1n) is 12.7. The van der Waals surface area contributed by atoms with Crippen molar-refractivity contribution in [3.05, 3.63) is 65.2 Å². The van der Waals surface area contributed by atoms with Gasteiger partial charge in [0.25, 0.3) is 0 Å². The van der Waals surface area contributed by atoms with Crippen LogP contribution in [0.5, 0.6) is 5.88 Å². The first-order chi connectivity index (χ1) is 17.9. The van der Waals surface area contributed by atoms with Crippen LogP contribution in [0.15, 0.2) is 53.4 Å². The molecule has 2 aliphatic heterocycles. The van der Waals surface area contributed by atoms with Crippen molar-refractivity contribution in [3.63, 3.8) is 0 Å². The molecule has 0 amide bonds. The molecule has 2 aromatic carbocycles. The Morgan fingerprint density at radius 3 is 2.70 bits per heavy atom. The second kappa shape index (κ2) is 11.1. The van der Waals surface area contributed by atoms with Gasteiger partial charge in [-0.15, -0.1) is 0 Å². The van der Waals surface area contributed by atoms with Crippen LogP contribution in [-0.2, 0) is 0 Å². The Morgan fingerprint density at radius 1 is 1.14 bits per heavy atom. The van der Waals surface area contributed by atoms with Crippen molar-refractivity contribution in [3.8, 4) is 17.1 Å². The lowest BCUT2D eigenvalue weighted by Crippen LogP contribution is -2.61. The number of carbonyl (C=O) groups is 1. The summed E-state index contributed by atoms with van der Waals surface area (Å²) in [5, 5.41) is 12.9. The maximum atomic E-state index is 11.4. The van der Waals surface area contributed by atoms with E-state index in [1.807, 2.05) is 18.2 Å². The number of aryl methyl sites for hydroxylation is 2. The Morgan fingerprint density at radius 2 is 1.92 bits per heavy atom. The summed E-state index contributed by atoms with van der Waals surface area (Å²) in [6.07, 6.45) is 2.40. The second-order valence-electron chi connectivity index (χ2n) is 9.91. The van der Waals surface area contributed by atoms with Gasteiger partial charge in [0, 0.05) is 23.1 Å². The second-order valence-corrected chi connectivity index (χ2v) is 10.8. The smallest absolute Gasteiger partial charge is 0.335 e. The number of likely N-dealkylation sites (N-methyl/N-ethyl adjacent to an activating group) is 1. The van der Waals surface area contributed by atoms with E-state index in [0.29, 0.717) is 23.8 Å². The zero-order chi connectivity index (χ0) is 25.9. The lowest BCUT2D eigenvalue weighted by molar-refractivity contribution is -0.00275. The van der Waals surface area contributed by atoms with Crippen LogP contribution in [0, 0.1) is 19.8 Å². The van der Waals surface area contributed by atoms with Crippen molar-refractivity contribution >= 4 is 23.9 Å². The molecule has 2 saturated heterocycles. The minimum atomic E-state index is -0.960. The summed E-state index contributed by atoms with van der Waals surface area (Å²) < 4.78 is 9.81. The van der Waals surface area contributed by atoms with Gasteiger partial charge in [-0.05, 0) is 94.0 Å². The maximum Gasteiger partial charge on any atom is 0.335 e. The third-order valence-corrected chi connectivity index (χ3v) is 8.04. The summed E-state index contributed by atoms with van der Waals surface area (Å²) >= 11 is 1.28. The van der Waals surface area contributed by atoms with Gasteiger partial charge < -0.3 is 15.2 Å². The molecular formula is C28H33N5O3S. The van der Waals surface area contributed by atoms with Crippen LogP contribution in [0.3, 0.4) is 0 Å². The summed E-state index contributed by atoms with van der Waals surface area (Å²) in [6, 6.07) is 15.3. The molecule has 3 unspecified atom stereocenters. The number of likely N-dealkylation sites (tertiary alicyclic amines) is 1. The average molecular weight is 520 g/mol. The van der Waals surface area contributed by atoms with E-state index in [1.165, 1.54) is 24.8 Å². The van der Waals surface area contributed by atoms with Crippen molar-refractivity contribution in [2.75, 3.05) is 31.4 Å². The molecule has 3 N–H and O–H groups in total. The van der Waals surface area contributed by atoms with Crippen LogP contribution in [0.4, 0.5) is 5.95 Å². The molecule has 194 valence electrons. The number of hydrogen-bond acceptors (Lipinski definition) is 8. The maximum absolute atomic E-state index is 11.4. The minimum absolute atomic E-state index is 0.0162. The molecule has 0 bridgehead atoms. The number of ether oxygens (including phenoxy) is 1. The summed E-state index contributed by atoms with van der Waals surface area (Å²) in [6.45, 7) is 7.03. The van der Waals surface area contributed by atoms with Gasteiger partial charge in [-0.1, -0.05) is 24.3 Å². The Hall–Kier alpha value is -3.14. The van der Waals surface area contributed by atoms with Crippen LogP contribution < -0.4 is 14.8 Å². The number of hydrogen-bond donors (Lipinski definition) is 3. The van der Waals surface area contributed by atoms with E-state index >= 15 is 0 Å². The van der Waals surface area contributed by atoms with Gasteiger partial charge in [0.15, 0.2) is 0 Å². The van der Waals surface area contributed by atoms with Crippen LogP contribution in [0.25, 0.3) is 11.3 Å². The molecule has 0 aliphatic carbocycles. The SMILES string of the molecule is Cc1cccc(C)c1-c1cc(OC2CNCC3CCCN(C)C32)nc(NSc2cccc(C(=O)O)c2)n1. The Balaban J connectivity index is 1.46. The monoisotopic (exact) mass is 519 g/mol. The molecule has 2 fully saturated rings. The fourth-order valence-electron chi connectivity index (χ4n) is 5.57. The van der Waals surface area contributed by atoms with Crippen molar-refractivity contribution in [2.24, 2.45) is 5.92 Å². The molecule has 8 nitrogen and oxygen atoms in total. The highest BCUT2D eigenvalue weighted by atomic mass is 32.2. The number of anilines is 1. The van der Waals surface area contributed by atoms with Gasteiger partial charge in [0.1, 0.15) is 6.10 Å². The highest BCUT2D eigenvalue weighted by molar-refractivity contribution is 8.00. The molecule has 37 heavy (non-hydrogen) atoms. The van der Waals surface area contributed by atoms with E-state index in [4.69, 9.17) is 14.7 Å². The minimum Gasteiger partial charge on any atom is -0.478 e. The molecule has 0 saturated carbocycles. The van der Waals surface area contributed by atoms with Gasteiger partial charge in [0.2, 0.25) is 11.8 Å². The Labute approximate surface area is 222 Å². The molecule has 0 spiro atoms. The zero-order valence-corrected chi connectivity index (χ0v) is 22.2. The lowest BCUT2D eigenvalue weighted by Gasteiger charge is -2.46. The number of aromatic nitrogens is 2. The van der Waals surface area contributed by atoms with Crippen LogP contribution in [0.1, 0.15) is 34.3 Å². The quantitative estimate of drug-likeness (QED) is 0.386. The topological polar surface area (TPSA) is 99.6 Å². The van der Waals surface area contributed by atoms with E-state index < -0.39 is 5.97 Å². The summed E-state index contributed by atoms with van der Waals surface area (Å²) in [4.78, 5) is 24.1. The summed E-state index contributed by atoms with van der Waals surface area (Å²) in [7, 11) is 2.19. The van der Waals surface area contributed by atoms with E-state index in [0.717, 1.165) is 46.9 Å². The number of nitrogens with zero attached hydrogens (tertiary/aromatic N) is 3. The average Bonchev–Trinajstić information content (AvgIpc) is 2.88. The molecule has 1 aromatic heterocycles. The number of benzene rings is 2. The number of carboxylic acids is 1. The molecule has 5 rings (SSSR count). The van der Waals surface area contributed by atoms with Crippen molar-refractivity contribution in [1.82, 2.24) is 20.2 Å². The van der Waals surface area contributed by atoms with Crippen molar-refractivity contribution < 1.29 is 14.6 Å². The standard InChI is InChI=1S/C28H33N5O3S/c1-17-7-4-8-18(2)25(17)22-14-24(36-23-16-29-15-20-10-6-12-33(3)26(20)23)31-28(30-22)32-37-21-11-5-9-19(13-21)27(34)35/h4-5,7-9,11,13-14,20,23,26,29H,6,10,12,15-16H2,1-3H3,(H,34,35)(H,30,31,32). The molecule has 0 radical (unpaired) electrons. The lowest BCUT2D eigenvalue weighted by atomic mass is 9.83. The number of piperidine rings is 2. The van der Waals surface area contributed by atoms with Gasteiger partial charge >= 0.3 is 5.97 Å². The third kappa shape index (κ3) is 5.74. The Bertz CT molecular complexity index is 1260. The van der Waals surface area contributed by atoms with Crippen molar-refractivity contribution in [2.45, 2.75) is 43.7 Å². The molecule has 2 aliphatic rings. The first kappa shape index (κ1) is 25.5. The molecule has 9 heteroatoms. The van der Waals surface area contributed by atoms with Crippen LogP contribution in [-0.4, -0.2) is 64.8 Å². The number of carboxylic acid groups (broad SMARTS) is 1. The van der Waals surface area contributed by atoms with Gasteiger partial charge in [-0.25, -0.2) is 9.78 Å². The predicted octanol–water partition coefficient (Wildman–Crippen LogP) is 4.64. The fourth-order valence-corrected chi connectivity index (χ4v) is 6.20. The number of fused-ring (bicyclic) bond motifs is 1. The van der Waals surface area contributed by atoms with E-state index in [2.05, 4.69) is 48.0 Å². The molecule has 3 atom stereocenters. The Kier molecular flexibility index (Phi) is 7.64. The van der Waals surface area contributed by atoms with E-state index in [9.17, 15) is 9.90 Å². The largest absolute Gasteiger partial charge is 0.478 e. The van der Waals surface area contributed by atoms with Gasteiger partial charge in [0.05, 0.1) is 17.3 Å². The summed E-state index contributed by atoms with van der Waals surface area (Å²) in [5.74, 6) is 0.547. The fraction of sp³-hybridized carbons (Fsp3) is 0.393. The van der Waals surface area contributed by atoms with Gasteiger partial charge in [-0.3, -0.25) is 9.62 Å². The van der Waals surface area contributed by atoms with E-state index in [1.54, 1.807) is 18.2 Å². The normalized spacial score (nSPS) is 21.8.